The molecule has 1 aliphatic rings. The first kappa shape index (κ1) is 16.7. The maximum atomic E-state index is 5.63. The first-order chi connectivity index (χ1) is 10.0. The highest BCUT2D eigenvalue weighted by molar-refractivity contribution is 9.10. The molecule has 1 aromatic rings. The maximum Gasteiger partial charge on any atom is 0.0694 e. The summed E-state index contributed by atoms with van der Waals surface area (Å²) in [6, 6.07) is 6.50. The number of hydrogen-bond acceptors (Lipinski definition) is 4. The summed E-state index contributed by atoms with van der Waals surface area (Å²) in [6.07, 6.45) is 0. The van der Waals surface area contributed by atoms with Gasteiger partial charge in [-0.25, -0.2) is 0 Å². The standard InChI is InChI=1S/C16H25BrN2O2/c1-16(2)12-21-9-7-19(16)15-10-14(17)5-4-13(15)11-18-6-8-20-3/h4-5,10,18H,6-9,11-12H2,1-3H3. The molecule has 21 heavy (non-hydrogen) atoms. The molecule has 1 fully saturated rings. The van der Waals surface area contributed by atoms with Gasteiger partial charge in [0.1, 0.15) is 0 Å². The molecule has 0 spiro atoms. The van der Waals surface area contributed by atoms with E-state index in [9.17, 15) is 0 Å². The Bertz CT molecular complexity index is 466. The van der Waals surface area contributed by atoms with Crippen LogP contribution in [0.4, 0.5) is 5.69 Å². The number of halogens is 1. The number of hydrogen-bond donors (Lipinski definition) is 1. The zero-order chi connectivity index (χ0) is 15.3. The van der Waals surface area contributed by atoms with Gasteiger partial charge in [0.25, 0.3) is 0 Å². The lowest BCUT2D eigenvalue weighted by Crippen LogP contribution is -2.53. The van der Waals surface area contributed by atoms with Gasteiger partial charge in [-0.3, -0.25) is 0 Å². The van der Waals surface area contributed by atoms with Crippen LogP contribution >= 0.6 is 15.9 Å². The summed E-state index contributed by atoms with van der Waals surface area (Å²) < 4.78 is 11.8. The van der Waals surface area contributed by atoms with Gasteiger partial charge in [-0.15, -0.1) is 0 Å². The van der Waals surface area contributed by atoms with E-state index in [1.165, 1.54) is 11.3 Å². The Morgan fingerprint density at radius 2 is 2.24 bits per heavy atom. The van der Waals surface area contributed by atoms with E-state index in [0.29, 0.717) is 0 Å². The zero-order valence-electron chi connectivity index (χ0n) is 13.1. The molecular weight excluding hydrogens is 332 g/mol. The van der Waals surface area contributed by atoms with Crippen LogP contribution in [0.5, 0.6) is 0 Å². The van der Waals surface area contributed by atoms with Crippen molar-refractivity contribution in [1.82, 2.24) is 5.32 Å². The quantitative estimate of drug-likeness (QED) is 0.794. The van der Waals surface area contributed by atoms with Gasteiger partial charge in [0, 0.05) is 36.9 Å². The van der Waals surface area contributed by atoms with Crippen LogP contribution in [0.25, 0.3) is 0 Å². The molecule has 1 aromatic carbocycles. The predicted molar refractivity (Wildman–Crippen MR) is 90.0 cm³/mol. The molecule has 1 aliphatic heterocycles. The van der Waals surface area contributed by atoms with Gasteiger partial charge < -0.3 is 19.7 Å². The Morgan fingerprint density at radius 1 is 1.43 bits per heavy atom. The molecule has 4 nitrogen and oxygen atoms in total. The smallest absolute Gasteiger partial charge is 0.0694 e. The van der Waals surface area contributed by atoms with Crippen molar-refractivity contribution in [2.45, 2.75) is 25.9 Å². The lowest BCUT2D eigenvalue weighted by atomic mass is 9.99. The Morgan fingerprint density at radius 3 is 2.95 bits per heavy atom. The Balaban J connectivity index is 2.18. The minimum absolute atomic E-state index is 0.0142. The molecule has 0 unspecified atom stereocenters. The van der Waals surface area contributed by atoms with Crippen LogP contribution in [0.2, 0.25) is 0 Å². The molecule has 0 saturated carbocycles. The topological polar surface area (TPSA) is 33.7 Å². The first-order valence-corrected chi connectivity index (χ1v) is 8.17. The minimum Gasteiger partial charge on any atom is -0.383 e. The number of ether oxygens (including phenoxy) is 2. The molecule has 0 amide bonds. The molecule has 0 bridgehead atoms. The van der Waals surface area contributed by atoms with Crippen molar-refractivity contribution in [3.05, 3.63) is 28.2 Å². The number of nitrogens with one attached hydrogen (secondary N) is 1. The first-order valence-electron chi connectivity index (χ1n) is 7.38. The monoisotopic (exact) mass is 356 g/mol. The van der Waals surface area contributed by atoms with Crippen molar-refractivity contribution in [3.8, 4) is 0 Å². The fourth-order valence-electron chi connectivity index (χ4n) is 2.64. The van der Waals surface area contributed by atoms with Gasteiger partial charge in [0.15, 0.2) is 0 Å². The molecule has 0 aromatic heterocycles. The van der Waals surface area contributed by atoms with Gasteiger partial charge in [-0.1, -0.05) is 22.0 Å². The van der Waals surface area contributed by atoms with Crippen LogP contribution in [-0.4, -0.2) is 45.6 Å². The third-order valence-electron chi connectivity index (χ3n) is 3.78. The average Bonchev–Trinajstić information content (AvgIpc) is 2.44. The molecule has 1 saturated heterocycles. The van der Waals surface area contributed by atoms with E-state index in [1.54, 1.807) is 7.11 Å². The highest BCUT2D eigenvalue weighted by Gasteiger charge is 2.31. The predicted octanol–water partition coefficient (Wildman–Crippen LogP) is 2.80. The van der Waals surface area contributed by atoms with Gasteiger partial charge in [-0.2, -0.15) is 0 Å². The second-order valence-electron chi connectivity index (χ2n) is 5.96. The van der Waals surface area contributed by atoms with Crippen LogP contribution in [0.3, 0.4) is 0 Å². The van der Waals surface area contributed by atoms with E-state index >= 15 is 0 Å². The largest absolute Gasteiger partial charge is 0.383 e. The van der Waals surface area contributed by atoms with Crippen molar-refractivity contribution >= 4 is 21.6 Å². The highest BCUT2D eigenvalue weighted by Crippen LogP contribution is 2.32. The number of rotatable bonds is 6. The van der Waals surface area contributed by atoms with Crippen molar-refractivity contribution in [2.24, 2.45) is 0 Å². The SMILES string of the molecule is COCCNCc1ccc(Br)cc1N1CCOCC1(C)C. The Kier molecular flexibility index (Phi) is 6.05. The van der Waals surface area contributed by atoms with E-state index in [-0.39, 0.29) is 5.54 Å². The molecule has 1 N–H and O–H groups in total. The second-order valence-corrected chi connectivity index (χ2v) is 6.87. The average molecular weight is 357 g/mol. The summed E-state index contributed by atoms with van der Waals surface area (Å²) in [5, 5.41) is 3.43. The molecule has 5 heteroatoms. The summed E-state index contributed by atoms with van der Waals surface area (Å²) in [4.78, 5) is 2.45. The molecule has 118 valence electrons. The summed E-state index contributed by atoms with van der Waals surface area (Å²) >= 11 is 3.60. The fraction of sp³-hybridized carbons (Fsp3) is 0.625. The number of benzene rings is 1. The Labute approximate surface area is 135 Å². The lowest BCUT2D eigenvalue weighted by molar-refractivity contribution is 0.0643. The summed E-state index contributed by atoms with van der Waals surface area (Å²) in [5.41, 5.74) is 2.60. The highest BCUT2D eigenvalue weighted by atomic mass is 79.9. The van der Waals surface area contributed by atoms with E-state index in [1.807, 2.05) is 0 Å². The van der Waals surface area contributed by atoms with E-state index < -0.39 is 0 Å². The molecule has 1 heterocycles. The Hall–Kier alpha value is -0.620. The lowest BCUT2D eigenvalue weighted by Gasteiger charge is -2.44. The molecule has 0 aliphatic carbocycles. The van der Waals surface area contributed by atoms with Gasteiger partial charge in [-0.05, 0) is 31.5 Å². The van der Waals surface area contributed by atoms with E-state index in [4.69, 9.17) is 9.47 Å². The number of anilines is 1. The van der Waals surface area contributed by atoms with Crippen molar-refractivity contribution < 1.29 is 9.47 Å². The maximum absolute atomic E-state index is 5.63. The van der Waals surface area contributed by atoms with Gasteiger partial charge in [0.05, 0.1) is 25.4 Å². The summed E-state index contributed by atoms with van der Waals surface area (Å²) in [5.74, 6) is 0. The van der Waals surface area contributed by atoms with Gasteiger partial charge in [0.2, 0.25) is 0 Å². The number of methoxy groups -OCH3 is 1. The molecule has 0 radical (unpaired) electrons. The van der Waals surface area contributed by atoms with Crippen LogP contribution in [0, 0.1) is 0 Å². The minimum atomic E-state index is 0.0142. The van der Waals surface area contributed by atoms with Crippen LogP contribution in [0.1, 0.15) is 19.4 Å². The van der Waals surface area contributed by atoms with Crippen LogP contribution in [-0.2, 0) is 16.0 Å². The zero-order valence-corrected chi connectivity index (χ0v) is 14.7. The normalized spacial score (nSPS) is 18.0. The fourth-order valence-corrected chi connectivity index (χ4v) is 2.99. The van der Waals surface area contributed by atoms with Crippen LogP contribution < -0.4 is 10.2 Å². The van der Waals surface area contributed by atoms with Crippen molar-refractivity contribution in [3.63, 3.8) is 0 Å². The third kappa shape index (κ3) is 4.42. The number of nitrogens with zero attached hydrogens (tertiary/aromatic N) is 1. The van der Waals surface area contributed by atoms with Crippen molar-refractivity contribution in [1.29, 1.82) is 0 Å². The second kappa shape index (κ2) is 7.58. The van der Waals surface area contributed by atoms with E-state index in [2.05, 4.69) is 58.2 Å². The van der Waals surface area contributed by atoms with Crippen LogP contribution in [0.15, 0.2) is 22.7 Å². The van der Waals surface area contributed by atoms with Gasteiger partial charge >= 0.3 is 0 Å². The third-order valence-corrected chi connectivity index (χ3v) is 4.28. The van der Waals surface area contributed by atoms with Crippen molar-refractivity contribution in [2.75, 3.05) is 44.9 Å². The summed E-state index contributed by atoms with van der Waals surface area (Å²) in [6.45, 7) is 9.37. The van der Waals surface area contributed by atoms with E-state index in [0.717, 1.165) is 43.9 Å². The summed E-state index contributed by atoms with van der Waals surface area (Å²) in [7, 11) is 1.73. The molecular formula is C16H25BrN2O2. The number of morpholine rings is 1. The molecule has 2 rings (SSSR count). The molecule has 0 atom stereocenters.